The van der Waals surface area contributed by atoms with Crippen LogP contribution in [0.25, 0.3) is 0 Å². The number of hydrogen-bond acceptors (Lipinski definition) is 4. The Bertz CT molecular complexity index is 431. The molecule has 2 bridgehead atoms. The minimum Gasteiger partial charge on any atom is -0.301 e. The summed E-state index contributed by atoms with van der Waals surface area (Å²) in [4.78, 5) is 11.9. The van der Waals surface area contributed by atoms with Crippen LogP contribution in [0, 0.1) is 24.7 Å². The molecule has 2 aliphatic carbocycles. The van der Waals surface area contributed by atoms with Gasteiger partial charge in [-0.25, -0.2) is 0 Å². The molecule has 1 aromatic rings. The van der Waals surface area contributed by atoms with Crippen LogP contribution in [-0.2, 0) is 4.79 Å². The van der Waals surface area contributed by atoms with E-state index in [1.165, 1.54) is 37.0 Å². The Balaban J connectivity index is 1.54. The largest absolute Gasteiger partial charge is 0.301 e. The number of carbonyl (C=O) groups is 1. The lowest BCUT2D eigenvalue weighted by Gasteiger charge is -2.20. The average Bonchev–Trinajstić information content (AvgIpc) is 2.95. The number of amides is 1. The molecule has 2 fully saturated rings. The molecule has 2 aliphatic rings. The van der Waals surface area contributed by atoms with Crippen LogP contribution in [0.15, 0.2) is 0 Å². The van der Waals surface area contributed by atoms with Crippen LogP contribution in [0.5, 0.6) is 0 Å². The van der Waals surface area contributed by atoms with Crippen molar-refractivity contribution in [3.8, 4) is 0 Å². The van der Waals surface area contributed by atoms with E-state index >= 15 is 0 Å². The summed E-state index contributed by atoms with van der Waals surface area (Å²) < 4.78 is 0. The lowest BCUT2D eigenvalue weighted by molar-refractivity contribution is -0.117. The summed E-state index contributed by atoms with van der Waals surface area (Å²) in [5.74, 6) is 2.44. The zero-order valence-corrected chi connectivity index (χ0v) is 10.8. The molecule has 92 valence electrons. The van der Waals surface area contributed by atoms with Gasteiger partial charge in [0.2, 0.25) is 11.0 Å². The zero-order valence-electron chi connectivity index (χ0n) is 9.98. The molecule has 1 aromatic heterocycles. The number of nitrogens with one attached hydrogen (secondary N) is 1. The number of fused-ring (bicyclic) bond motifs is 2. The molecule has 3 rings (SSSR count). The first-order valence-corrected chi connectivity index (χ1v) is 7.12. The third-order valence-corrected chi connectivity index (χ3v) is 4.86. The second kappa shape index (κ2) is 4.37. The van der Waals surface area contributed by atoms with Gasteiger partial charge in [0.15, 0.2) is 0 Å². The summed E-state index contributed by atoms with van der Waals surface area (Å²) in [5, 5.41) is 12.2. The molecule has 0 saturated heterocycles. The minimum absolute atomic E-state index is 0.110. The van der Waals surface area contributed by atoms with Gasteiger partial charge in [0.1, 0.15) is 5.01 Å². The third kappa shape index (κ3) is 2.34. The van der Waals surface area contributed by atoms with Crippen molar-refractivity contribution in [2.75, 3.05) is 5.32 Å². The maximum absolute atomic E-state index is 11.9. The molecule has 0 unspecified atom stereocenters. The smallest absolute Gasteiger partial charge is 0.226 e. The van der Waals surface area contributed by atoms with Gasteiger partial charge in [0.05, 0.1) is 0 Å². The lowest BCUT2D eigenvalue weighted by atomic mass is 9.86. The number of anilines is 1. The Hall–Kier alpha value is -0.970. The number of rotatable bonds is 3. The Morgan fingerprint density at radius 2 is 2.29 bits per heavy atom. The normalized spacial score (nSPS) is 30.8. The molecule has 1 heterocycles. The quantitative estimate of drug-likeness (QED) is 0.898. The minimum atomic E-state index is 0.110. The van der Waals surface area contributed by atoms with Crippen molar-refractivity contribution in [1.82, 2.24) is 10.2 Å². The summed E-state index contributed by atoms with van der Waals surface area (Å²) in [6, 6.07) is 0. The van der Waals surface area contributed by atoms with Crippen molar-refractivity contribution in [2.24, 2.45) is 17.8 Å². The number of carbonyl (C=O) groups excluding carboxylic acids is 1. The number of aryl methyl sites for hydroxylation is 1. The van der Waals surface area contributed by atoms with Crippen LogP contribution in [0.1, 0.15) is 37.1 Å². The van der Waals surface area contributed by atoms with E-state index in [-0.39, 0.29) is 5.91 Å². The Labute approximate surface area is 105 Å². The number of nitrogens with zero attached hydrogens (tertiary/aromatic N) is 2. The summed E-state index contributed by atoms with van der Waals surface area (Å²) >= 11 is 1.44. The second-order valence-corrected chi connectivity index (χ2v) is 6.50. The van der Waals surface area contributed by atoms with Crippen LogP contribution < -0.4 is 5.32 Å². The highest BCUT2D eigenvalue weighted by atomic mass is 32.1. The van der Waals surface area contributed by atoms with Crippen molar-refractivity contribution in [1.29, 1.82) is 0 Å². The summed E-state index contributed by atoms with van der Waals surface area (Å²) in [6.07, 6.45) is 6.00. The summed E-state index contributed by atoms with van der Waals surface area (Å²) in [5.41, 5.74) is 0. The maximum Gasteiger partial charge on any atom is 0.226 e. The third-order valence-electron chi connectivity index (χ3n) is 4.10. The molecule has 0 aromatic carbocycles. The van der Waals surface area contributed by atoms with Gasteiger partial charge in [0, 0.05) is 6.42 Å². The van der Waals surface area contributed by atoms with E-state index in [9.17, 15) is 4.79 Å². The topological polar surface area (TPSA) is 54.9 Å². The first-order valence-electron chi connectivity index (χ1n) is 6.30. The van der Waals surface area contributed by atoms with E-state index in [0.29, 0.717) is 17.5 Å². The van der Waals surface area contributed by atoms with Crippen molar-refractivity contribution < 1.29 is 4.79 Å². The van der Waals surface area contributed by atoms with Gasteiger partial charge in [-0.2, -0.15) is 0 Å². The van der Waals surface area contributed by atoms with Gasteiger partial charge in [-0.3, -0.25) is 4.79 Å². The van der Waals surface area contributed by atoms with Gasteiger partial charge in [-0.15, -0.1) is 10.2 Å². The van der Waals surface area contributed by atoms with Crippen molar-refractivity contribution in [2.45, 2.75) is 39.0 Å². The van der Waals surface area contributed by atoms with Gasteiger partial charge < -0.3 is 5.32 Å². The second-order valence-electron chi connectivity index (χ2n) is 5.31. The van der Waals surface area contributed by atoms with E-state index in [2.05, 4.69) is 15.5 Å². The van der Waals surface area contributed by atoms with E-state index < -0.39 is 0 Å². The molecule has 0 spiro atoms. The Morgan fingerprint density at radius 3 is 2.88 bits per heavy atom. The fraction of sp³-hybridized carbons (Fsp3) is 0.750. The summed E-state index contributed by atoms with van der Waals surface area (Å²) in [7, 11) is 0. The zero-order chi connectivity index (χ0) is 11.8. The van der Waals surface area contributed by atoms with Gasteiger partial charge in [0.25, 0.3) is 0 Å². The lowest BCUT2D eigenvalue weighted by Crippen LogP contribution is -2.20. The van der Waals surface area contributed by atoms with Gasteiger partial charge in [-0.1, -0.05) is 17.8 Å². The molecule has 1 N–H and O–H groups in total. The number of aromatic nitrogens is 2. The molecule has 4 nitrogen and oxygen atoms in total. The van der Waals surface area contributed by atoms with Crippen LogP contribution >= 0.6 is 11.3 Å². The van der Waals surface area contributed by atoms with E-state index in [4.69, 9.17) is 0 Å². The number of hydrogen-bond donors (Lipinski definition) is 1. The fourth-order valence-corrected chi connectivity index (χ4v) is 3.99. The van der Waals surface area contributed by atoms with Gasteiger partial charge in [-0.05, 0) is 43.9 Å². The average molecular weight is 251 g/mol. The monoisotopic (exact) mass is 251 g/mol. The highest BCUT2D eigenvalue weighted by Gasteiger charge is 2.40. The predicted octanol–water partition coefficient (Wildman–Crippen LogP) is 2.61. The standard InChI is InChI=1S/C12H17N3OS/c1-7-14-15-12(17-7)13-11(16)6-10-5-8-2-3-9(10)4-8/h8-10H,2-6H2,1H3,(H,13,15,16)/t8-,9-,10-/m0/s1. The Kier molecular flexibility index (Phi) is 2.86. The van der Waals surface area contributed by atoms with Crippen molar-refractivity contribution in [3.05, 3.63) is 5.01 Å². The summed E-state index contributed by atoms with van der Waals surface area (Å²) in [6.45, 7) is 1.89. The predicted molar refractivity (Wildman–Crippen MR) is 66.8 cm³/mol. The van der Waals surface area contributed by atoms with Crippen LogP contribution in [0.2, 0.25) is 0 Å². The van der Waals surface area contributed by atoms with Crippen molar-refractivity contribution in [3.63, 3.8) is 0 Å². The SMILES string of the molecule is Cc1nnc(NC(=O)C[C@@H]2C[C@H]3CC[C@H]2C3)s1. The molecule has 1 amide bonds. The molecular formula is C12H17N3OS. The molecule has 0 aliphatic heterocycles. The van der Waals surface area contributed by atoms with E-state index in [1.54, 1.807) is 0 Å². The molecule has 17 heavy (non-hydrogen) atoms. The first-order chi connectivity index (χ1) is 8.20. The maximum atomic E-state index is 11.9. The van der Waals surface area contributed by atoms with Gasteiger partial charge >= 0.3 is 0 Å². The van der Waals surface area contributed by atoms with Crippen LogP contribution in [-0.4, -0.2) is 16.1 Å². The molecular weight excluding hydrogens is 234 g/mol. The first kappa shape index (κ1) is 11.1. The molecule has 0 radical (unpaired) electrons. The van der Waals surface area contributed by atoms with Crippen LogP contribution in [0.3, 0.4) is 0 Å². The fourth-order valence-electron chi connectivity index (χ4n) is 3.38. The highest BCUT2D eigenvalue weighted by Crippen LogP contribution is 2.49. The van der Waals surface area contributed by atoms with Crippen LogP contribution in [0.4, 0.5) is 5.13 Å². The molecule has 5 heteroatoms. The van der Waals surface area contributed by atoms with Crippen molar-refractivity contribution >= 4 is 22.4 Å². The molecule has 3 atom stereocenters. The highest BCUT2D eigenvalue weighted by molar-refractivity contribution is 7.15. The Morgan fingerprint density at radius 1 is 1.41 bits per heavy atom. The van der Waals surface area contributed by atoms with E-state index in [1.807, 2.05) is 6.92 Å². The van der Waals surface area contributed by atoms with E-state index in [0.717, 1.165) is 16.8 Å². The molecule has 2 saturated carbocycles.